The van der Waals surface area contributed by atoms with E-state index in [1.807, 2.05) is 75.8 Å². The van der Waals surface area contributed by atoms with Gasteiger partial charge in [-0.2, -0.15) is 0 Å². The highest BCUT2D eigenvalue weighted by molar-refractivity contribution is 7.45. The molecule has 0 aromatic rings. The highest BCUT2D eigenvalue weighted by atomic mass is 31.2. The van der Waals surface area contributed by atoms with Crippen LogP contribution in [0, 0.1) is 0 Å². The minimum absolute atomic E-state index is 0.0541. The first-order chi connectivity index (χ1) is 29.0. The van der Waals surface area contributed by atoms with Gasteiger partial charge in [0, 0.05) is 12.8 Å². The maximum Gasteiger partial charge on any atom is 0.306 e. The third-order valence-electron chi connectivity index (χ3n) is 8.61. The fraction of sp³-hybridized carbons (Fsp3) is 0.560. The van der Waals surface area contributed by atoms with E-state index in [1.165, 1.54) is 19.3 Å². The molecule has 0 saturated heterocycles. The number of likely N-dealkylation sites (N-methyl/N-ethyl adjacent to an activating group) is 1. The van der Waals surface area contributed by atoms with E-state index < -0.39 is 32.5 Å². The summed E-state index contributed by atoms with van der Waals surface area (Å²) < 4.78 is 33.8. The molecule has 338 valence electrons. The van der Waals surface area contributed by atoms with Crippen molar-refractivity contribution in [3.05, 3.63) is 122 Å². The zero-order chi connectivity index (χ0) is 44.3. The summed E-state index contributed by atoms with van der Waals surface area (Å²) in [5.74, 6) is -0.949. The number of hydrogen-bond acceptors (Lipinski definition) is 8. The molecule has 0 aliphatic rings. The molecular weight excluding hydrogens is 774 g/mol. The van der Waals surface area contributed by atoms with Crippen molar-refractivity contribution in [3.63, 3.8) is 0 Å². The Morgan fingerprint density at radius 3 is 1.57 bits per heavy atom. The van der Waals surface area contributed by atoms with Gasteiger partial charge in [0.15, 0.2) is 6.10 Å². The summed E-state index contributed by atoms with van der Waals surface area (Å²) in [7, 11) is 1.09. The number of carbonyl (C=O) groups is 2. The molecule has 0 saturated carbocycles. The Morgan fingerprint density at radius 1 is 0.533 bits per heavy atom. The highest BCUT2D eigenvalue weighted by Crippen LogP contribution is 2.38. The molecule has 0 aromatic carbocycles. The van der Waals surface area contributed by atoms with E-state index in [4.69, 9.17) is 18.5 Å². The molecule has 10 heteroatoms. The highest BCUT2D eigenvalue weighted by Gasteiger charge is 2.21. The summed E-state index contributed by atoms with van der Waals surface area (Å²) in [5, 5.41) is 0. The first-order valence-corrected chi connectivity index (χ1v) is 23.8. The summed E-state index contributed by atoms with van der Waals surface area (Å²) in [4.78, 5) is 37.5. The number of unbranched alkanes of at least 4 members (excludes halogenated alkanes) is 8. The van der Waals surface area contributed by atoms with E-state index >= 15 is 0 Å². The van der Waals surface area contributed by atoms with Gasteiger partial charge in [-0.15, -0.1) is 0 Å². The van der Waals surface area contributed by atoms with Crippen LogP contribution < -0.4 is 4.89 Å². The SMILES string of the molecule is CC/C=C/C=C/C=C/C=C/C=C/CCCC(=O)OC(COC(=O)CCCCCCCCC/C=C/C/C=C/C/C=C/C/C=C/C/C=C/CC)COP(=O)([O-])OCC[N+](C)(C)C. The standard InChI is InChI=1S/C50H80NO8P/c1-6-8-10-12-14-16-18-20-21-22-23-24-25-26-27-28-29-31-32-34-36-38-40-42-49(52)56-46-48(47-58-60(54,55)57-45-44-51(3,4)5)59-50(53)43-41-39-37-35-33-30-19-17-15-13-11-9-7-2/h8-11,13-17,19-21,23-24,26-27,30,33,35,37,48H,6-7,12,18,22,25,28-29,31-32,34,36,38-47H2,1-5H3/b10-8+,11-9+,15-13+,16-14+,19-17+,21-20+,24-23+,27-26+,33-30+,37-35+. The Balaban J connectivity index is 4.41. The van der Waals surface area contributed by atoms with E-state index in [-0.39, 0.29) is 26.1 Å². The average molecular weight is 854 g/mol. The molecule has 0 bridgehead atoms. The van der Waals surface area contributed by atoms with Gasteiger partial charge >= 0.3 is 11.9 Å². The number of quaternary nitrogens is 1. The second kappa shape index (κ2) is 40.8. The van der Waals surface area contributed by atoms with Gasteiger partial charge < -0.3 is 27.9 Å². The lowest BCUT2D eigenvalue weighted by molar-refractivity contribution is -0.870. The summed E-state index contributed by atoms with van der Waals surface area (Å²) in [5.41, 5.74) is 0. The number of hydrogen-bond donors (Lipinski definition) is 0. The first kappa shape index (κ1) is 56.4. The summed E-state index contributed by atoms with van der Waals surface area (Å²) in [6, 6.07) is 0. The van der Waals surface area contributed by atoms with Gasteiger partial charge in [0.1, 0.15) is 19.8 Å². The van der Waals surface area contributed by atoms with Crippen molar-refractivity contribution in [2.75, 3.05) is 47.5 Å². The van der Waals surface area contributed by atoms with Crippen LogP contribution in [0.15, 0.2) is 122 Å². The molecule has 0 heterocycles. The van der Waals surface area contributed by atoms with Gasteiger partial charge in [-0.05, 0) is 70.6 Å². The number of esters is 2. The Labute approximate surface area is 365 Å². The second-order valence-corrected chi connectivity index (χ2v) is 16.8. The minimum atomic E-state index is -4.66. The van der Waals surface area contributed by atoms with Crippen LogP contribution in [0.5, 0.6) is 0 Å². The summed E-state index contributed by atoms with van der Waals surface area (Å²) >= 11 is 0. The summed E-state index contributed by atoms with van der Waals surface area (Å²) in [6.07, 6.45) is 56.7. The Bertz CT molecular complexity index is 1430. The number of carbonyl (C=O) groups excluding carboxylic acids is 2. The van der Waals surface area contributed by atoms with E-state index in [2.05, 4.69) is 80.7 Å². The van der Waals surface area contributed by atoms with E-state index in [9.17, 15) is 19.0 Å². The largest absolute Gasteiger partial charge is 0.756 e. The zero-order valence-corrected chi connectivity index (χ0v) is 38.7. The van der Waals surface area contributed by atoms with Crippen molar-refractivity contribution in [3.8, 4) is 0 Å². The Kier molecular flexibility index (Phi) is 38.4. The zero-order valence-electron chi connectivity index (χ0n) is 37.8. The molecule has 2 atom stereocenters. The lowest BCUT2D eigenvalue weighted by Crippen LogP contribution is -2.37. The third kappa shape index (κ3) is 44.0. The topological polar surface area (TPSA) is 111 Å². The Hall–Kier alpha value is -3.59. The van der Waals surface area contributed by atoms with Crippen molar-refractivity contribution in [1.82, 2.24) is 0 Å². The van der Waals surface area contributed by atoms with Crippen LogP contribution in [0.4, 0.5) is 0 Å². The third-order valence-corrected chi connectivity index (χ3v) is 9.57. The first-order valence-electron chi connectivity index (χ1n) is 22.3. The molecular formula is C50H80NO8P. The van der Waals surface area contributed by atoms with Gasteiger partial charge in [-0.3, -0.25) is 14.2 Å². The van der Waals surface area contributed by atoms with E-state index in [0.717, 1.165) is 64.2 Å². The lowest BCUT2D eigenvalue weighted by atomic mass is 10.1. The smallest absolute Gasteiger partial charge is 0.306 e. The van der Waals surface area contributed by atoms with Crippen molar-refractivity contribution < 1.29 is 42.1 Å². The van der Waals surface area contributed by atoms with Crippen LogP contribution in [-0.4, -0.2) is 70.0 Å². The average Bonchev–Trinajstić information content (AvgIpc) is 3.20. The number of phosphoric ester groups is 1. The molecule has 0 fully saturated rings. The van der Waals surface area contributed by atoms with Crippen LogP contribution in [-0.2, 0) is 32.7 Å². The molecule has 0 aromatic heterocycles. The fourth-order valence-electron chi connectivity index (χ4n) is 5.18. The molecule has 60 heavy (non-hydrogen) atoms. The van der Waals surface area contributed by atoms with Crippen LogP contribution in [0.25, 0.3) is 0 Å². The van der Waals surface area contributed by atoms with Gasteiger partial charge in [0.05, 0.1) is 27.7 Å². The fourth-order valence-corrected chi connectivity index (χ4v) is 5.91. The number of phosphoric acid groups is 1. The minimum Gasteiger partial charge on any atom is -0.756 e. The molecule has 2 unspecified atom stereocenters. The maximum atomic E-state index is 12.6. The van der Waals surface area contributed by atoms with Gasteiger partial charge in [0.25, 0.3) is 7.82 Å². The Morgan fingerprint density at radius 2 is 1.00 bits per heavy atom. The normalized spacial score (nSPS) is 14.7. The predicted octanol–water partition coefficient (Wildman–Crippen LogP) is 12.3. The van der Waals surface area contributed by atoms with Gasteiger partial charge in [0.2, 0.25) is 0 Å². The number of ether oxygens (including phenoxy) is 2. The maximum absolute atomic E-state index is 12.6. The summed E-state index contributed by atoms with van der Waals surface area (Å²) in [6.45, 7) is 3.83. The predicted molar refractivity (Wildman–Crippen MR) is 249 cm³/mol. The van der Waals surface area contributed by atoms with E-state index in [0.29, 0.717) is 30.3 Å². The molecule has 0 aliphatic carbocycles. The van der Waals surface area contributed by atoms with Gasteiger partial charge in [-0.1, -0.05) is 167 Å². The number of nitrogens with zero attached hydrogens (tertiary/aromatic N) is 1. The van der Waals surface area contributed by atoms with Crippen molar-refractivity contribution in [2.45, 2.75) is 136 Å². The van der Waals surface area contributed by atoms with Crippen molar-refractivity contribution in [2.24, 2.45) is 0 Å². The van der Waals surface area contributed by atoms with Crippen LogP contribution in [0.2, 0.25) is 0 Å². The van der Waals surface area contributed by atoms with Crippen LogP contribution in [0.1, 0.15) is 129 Å². The quantitative estimate of drug-likeness (QED) is 0.0151. The molecule has 9 nitrogen and oxygen atoms in total. The second-order valence-electron chi connectivity index (χ2n) is 15.4. The number of rotatable bonds is 38. The lowest BCUT2D eigenvalue weighted by Gasteiger charge is -2.28. The van der Waals surface area contributed by atoms with Crippen LogP contribution in [0.3, 0.4) is 0 Å². The number of allylic oxidation sites excluding steroid dienone is 20. The molecule has 0 amide bonds. The van der Waals surface area contributed by atoms with Crippen LogP contribution >= 0.6 is 7.82 Å². The molecule has 0 rings (SSSR count). The van der Waals surface area contributed by atoms with Crippen molar-refractivity contribution >= 4 is 19.8 Å². The van der Waals surface area contributed by atoms with E-state index in [1.54, 1.807) is 0 Å². The monoisotopic (exact) mass is 854 g/mol. The molecule has 0 radical (unpaired) electrons. The van der Waals surface area contributed by atoms with Crippen molar-refractivity contribution in [1.29, 1.82) is 0 Å². The molecule has 0 aliphatic heterocycles. The van der Waals surface area contributed by atoms with Gasteiger partial charge in [-0.25, -0.2) is 0 Å². The molecule has 0 N–H and O–H groups in total. The molecule has 0 spiro atoms.